The fraction of sp³-hybridized carbons (Fsp3) is 0.500. The van der Waals surface area contributed by atoms with Crippen LogP contribution in [0.1, 0.15) is 12.8 Å². The standard InChI is InChI=1S/C14H21N3O2/c18-10-8-15-14(19)16-12-5-4-9-17(11-12)13-6-2-1-3-7-13/h1-3,6-7,12,18H,4-5,8-11H2,(H2,15,16,19). The molecule has 0 aliphatic carbocycles. The molecule has 3 N–H and O–H groups in total. The van der Waals surface area contributed by atoms with E-state index in [1.807, 2.05) is 18.2 Å². The molecule has 0 aromatic heterocycles. The Morgan fingerprint density at radius 3 is 2.89 bits per heavy atom. The number of rotatable bonds is 4. The Labute approximate surface area is 113 Å². The smallest absolute Gasteiger partial charge is 0.315 e. The number of hydrogen-bond acceptors (Lipinski definition) is 3. The van der Waals surface area contributed by atoms with Crippen molar-refractivity contribution in [3.8, 4) is 0 Å². The van der Waals surface area contributed by atoms with Crippen molar-refractivity contribution in [3.05, 3.63) is 30.3 Å². The molecule has 1 fully saturated rings. The lowest BCUT2D eigenvalue weighted by atomic mass is 10.1. The maximum atomic E-state index is 11.6. The van der Waals surface area contributed by atoms with Gasteiger partial charge in [-0.05, 0) is 25.0 Å². The van der Waals surface area contributed by atoms with Crippen LogP contribution in [0.3, 0.4) is 0 Å². The van der Waals surface area contributed by atoms with Gasteiger partial charge < -0.3 is 20.6 Å². The molecule has 5 nitrogen and oxygen atoms in total. The number of para-hydroxylation sites is 1. The van der Waals surface area contributed by atoms with Crippen LogP contribution in [-0.4, -0.2) is 43.4 Å². The lowest BCUT2D eigenvalue weighted by molar-refractivity contribution is 0.229. The zero-order valence-electron chi connectivity index (χ0n) is 11.0. The molecule has 1 atom stereocenters. The van der Waals surface area contributed by atoms with Crippen LogP contribution in [0.2, 0.25) is 0 Å². The maximum absolute atomic E-state index is 11.6. The number of aliphatic hydroxyl groups excluding tert-OH is 1. The molecule has 5 heteroatoms. The lowest BCUT2D eigenvalue weighted by Crippen LogP contribution is -2.50. The van der Waals surface area contributed by atoms with E-state index in [0.717, 1.165) is 25.9 Å². The molecule has 1 aromatic rings. The van der Waals surface area contributed by atoms with E-state index >= 15 is 0 Å². The average Bonchev–Trinajstić information content (AvgIpc) is 2.46. The van der Waals surface area contributed by atoms with Gasteiger partial charge in [-0.1, -0.05) is 18.2 Å². The fourth-order valence-electron chi connectivity index (χ4n) is 2.37. The highest BCUT2D eigenvalue weighted by atomic mass is 16.3. The number of carbonyl (C=O) groups is 1. The van der Waals surface area contributed by atoms with Gasteiger partial charge in [0.15, 0.2) is 0 Å². The molecule has 0 saturated carbocycles. The van der Waals surface area contributed by atoms with Crippen LogP contribution in [0, 0.1) is 0 Å². The van der Waals surface area contributed by atoms with Crippen LogP contribution in [-0.2, 0) is 0 Å². The van der Waals surface area contributed by atoms with Gasteiger partial charge in [-0.15, -0.1) is 0 Å². The van der Waals surface area contributed by atoms with Gasteiger partial charge in [0, 0.05) is 31.4 Å². The van der Waals surface area contributed by atoms with Crippen LogP contribution in [0.4, 0.5) is 10.5 Å². The van der Waals surface area contributed by atoms with Gasteiger partial charge in [-0.3, -0.25) is 0 Å². The molecule has 2 rings (SSSR count). The average molecular weight is 263 g/mol. The third-order valence-electron chi connectivity index (χ3n) is 3.28. The van der Waals surface area contributed by atoms with E-state index in [0.29, 0.717) is 6.54 Å². The molecule has 1 aliphatic heterocycles. The van der Waals surface area contributed by atoms with E-state index in [2.05, 4.69) is 27.7 Å². The van der Waals surface area contributed by atoms with Crippen molar-refractivity contribution in [2.45, 2.75) is 18.9 Å². The third-order valence-corrected chi connectivity index (χ3v) is 3.28. The Hall–Kier alpha value is -1.75. The Balaban J connectivity index is 1.85. The van der Waals surface area contributed by atoms with Gasteiger partial charge in [-0.25, -0.2) is 4.79 Å². The van der Waals surface area contributed by atoms with Crippen LogP contribution in [0.15, 0.2) is 30.3 Å². The molecule has 2 amide bonds. The summed E-state index contributed by atoms with van der Waals surface area (Å²) < 4.78 is 0. The SMILES string of the molecule is O=C(NCCO)NC1CCCN(c2ccccc2)C1. The predicted octanol–water partition coefficient (Wildman–Crippen LogP) is 0.947. The number of aliphatic hydroxyl groups is 1. The van der Waals surface area contributed by atoms with Crippen molar-refractivity contribution < 1.29 is 9.90 Å². The second-order valence-corrected chi connectivity index (χ2v) is 4.74. The zero-order chi connectivity index (χ0) is 13.5. The molecule has 1 unspecified atom stereocenters. The van der Waals surface area contributed by atoms with Crippen molar-refractivity contribution in [1.29, 1.82) is 0 Å². The molecule has 1 aromatic carbocycles. The number of amides is 2. The first-order valence-electron chi connectivity index (χ1n) is 6.75. The summed E-state index contributed by atoms with van der Waals surface area (Å²) in [5, 5.41) is 14.2. The lowest BCUT2D eigenvalue weighted by Gasteiger charge is -2.34. The zero-order valence-corrected chi connectivity index (χ0v) is 11.0. The number of benzene rings is 1. The topological polar surface area (TPSA) is 64.6 Å². The second kappa shape index (κ2) is 6.99. The maximum Gasteiger partial charge on any atom is 0.315 e. The van der Waals surface area contributed by atoms with Gasteiger partial charge >= 0.3 is 6.03 Å². The summed E-state index contributed by atoms with van der Waals surface area (Å²) in [4.78, 5) is 13.9. The summed E-state index contributed by atoms with van der Waals surface area (Å²) in [7, 11) is 0. The number of carbonyl (C=O) groups excluding carboxylic acids is 1. The third kappa shape index (κ3) is 4.13. The van der Waals surface area contributed by atoms with Gasteiger partial charge in [0.2, 0.25) is 0 Å². The number of nitrogens with zero attached hydrogens (tertiary/aromatic N) is 1. The minimum absolute atomic E-state index is 0.0335. The quantitative estimate of drug-likeness (QED) is 0.757. The summed E-state index contributed by atoms with van der Waals surface area (Å²) in [6.07, 6.45) is 2.07. The highest BCUT2D eigenvalue weighted by Crippen LogP contribution is 2.19. The number of anilines is 1. The van der Waals surface area contributed by atoms with E-state index in [4.69, 9.17) is 5.11 Å². The summed E-state index contributed by atoms with van der Waals surface area (Å²) >= 11 is 0. The van der Waals surface area contributed by atoms with Crippen molar-refractivity contribution in [1.82, 2.24) is 10.6 Å². The summed E-state index contributed by atoms with van der Waals surface area (Å²) in [6.45, 7) is 2.12. The van der Waals surface area contributed by atoms with Gasteiger partial charge in [0.25, 0.3) is 0 Å². The number of urea groups is 1. The van der Waals surface area contributed by atoms with Crippen molar-refractivity contribution in [2.24, 2.45) is 0 Å². The molecule has 19 heavy (non-hydrogen) atoms. The molecule has 0 radical (unpaired) electrons. The van der Waals surface area contributed by atoms with E-state index in [9.17, 15) is 4.79 Å². The Morgan fingerprint density at radius 2 is 2.16 bits per heavy atom. The highest BCUT2D eigenvalue weighted by Gasteiger charge is 2.21. The van der Waals surface area contributed by atoms with Crippen LogP contribution >= 0.6 is 0 Å². The second-order valence-electron chi connectivity index (χ2n) is 4.74. The molecule has 0 bridgehead atoms. The Bertz CT molecular complexity index is 397. The normalized spacial score (nSPS) is 19.0. The Morgan fingerprint density at radius 1 is 1.37 bits per heavy atom. The molecular weight excluding hydrogens is 242 g/mol. The minimum Gasteiger partial charge on any atom is -0.395 e. The first-order chi connectivity index (χ1) is 9.29. The number of nitrogens with one attached hydrogen (secondary N) is 2. The first-order valence-corrected chi connectivity index (χ1v) is 6.75. The van der Waals surface area contributed by atoms with E-state index in [1.165, 1.54) is 5.69 Å². The highest BCUT2D eigenvalue weighted by molar-refractivity contribution is 5.74. The van der Waals surface area contributed by atoms with E-state index < -0.39 is 0 Å². The number of piperidine rings is 1. The minimum atomic E-state index is -0.200. The van der Waals surface area contributed by atoms with Gasteiger partial charge in [0.1, 0.15) is 0 Å². The van der Waals surface area contributed by atoms with Crippen molar-refractivity contribution in [2.75, 3.05) is 31.1 Å². The molecule has 104 valence electrons. The number of hydrogen-bond donors (Lipinski definition) is 3. The summed E-state index contributed by atoms with van der Waals surface area (Å²) in [5.41, 5.74) is 1.20. The molecule has 0 spiro atoms. The summed E-state index contributed by atoms with van der Waals surface area (Å²) in [5.74, 6) is 0. The molecule has 1 saturated heterocycles. The largest absolute Gasteiger partial charge is 0.395 e. The summed E-state index contributed by atoms with van der Waals surface area (Å²) in [6, 6.07) is 10.2. The van der Waals surface area contributed by atoms with Crippen LogP contribution in [0.25, 0.3) is 0 Å². The van der Waals surface area contributed by atoms with Crippen LogP contribution in [0.5, 0.6) is 0 Å². The predicted molar refractivity (Wildman–Crippen MR) is 75.3 cm³/mol. The fourth-order valence-corrected chi connectivity index (χ4v) is 2.37. The molecule has 1 aliphatic rings. The van der Waals surface area contributed by atoms with E-state index in [-0.39, 0.29) is 18.7 Å². The van der Waals surface area contributed by atoms with E-state index in [1.54, 1.807) is 0 Å². The van der Waals surface area contributed by atoms with Crippen molar-refractivity contribution in [3.63, 3.8) is 0 Å². The van der Waals surface area contributed by atoms with Gasteiger partial charge in [-0.2, -0.15) is 0 Å². The molecule has 1 heterocycles. The monoisotopic (exact) mass is 263 g/mol. The van der Waals surface area contributed by atoms with Gasteiger partial charge in [0.05, 0.1) is 6.61 Å². The van der Waals surface area contributed by atoms with Crippen molar-refractivity contribution >= 4 is 11.7 Å². The van der Waals surface area contributed by atoms with Crippen LogP contribution < -0.4 is 15.5 Å². The molecular formula is C14H21N3O2. The Kier molecular flexibility index (Phi) is 5.03. The first kappa shape index (κ1) is 13.7.